The Morgan fingerprint density at radius 2 is 2.05 bits per heavy atom. The van der Waals surface area contributed by atoms with Crippen LogP contribution in [0.5, 0.6) is 0 Å². The van der Waals surface area contributed by atoms with Gasteiger partial charge in [0.2, 0.25) is 5.91 Å². The van der Waals surface area contributed by atoms with E-state index in [4.69, 9.17) is 5.73 Å². The minimum atomic E-state index is -0.677. The summed E-state index contributed by atoms with van der Waals surface area (Å²) in [5, 5.41) is 2.69. The first-order chi connectivity index (χ1) is 9.47. The first-order valence-corrected chi connectivity index (χ1v) is 5.92. The van der Waals surface area contributed by atoms with E-state index in [1.54, 1.807) is 12.1 Å². The summed E-state index contributed by atoms with van der Waals surface area (Å²) in [6, 6.07) is 7.28. The van der Waals surface area contributed by atoms with Crippen LogP contribution >= 0.6 is 0 Å². The molecule has 1 heterocycles. The second-order valence-electron chi connectivity index (χ2n) is 4.33. The Morgan fingerprint density at radius 1 is 1.35 bits per heavy atom. The molecular formula is C13H14N4O3. The number of aryl methyl sites for hydroxylation is 1. The fourth-order valence-corrected chi connectivity index (χ4v) is 1.70. The summed E-state index contributed by atoms with van der Waals surface area (Å²) in [6.45, 7) is 1.63. The highest BCUT2D eigenvalue weighted by Gasteiger charge is 2.08. The summed E-state index contributed by atoms with van der Waals surface area (Å²) in [5.74, 6) is -0.382. The van der Waals surface area contributed by atoms with Crippen LogP contribution in [0.1, 0.15) is 5.56 Å². The van der Waals surface area contributed by atoms with Gasteiger partial charge in [-0.05, 0) is 18.6 Å². The Hall–Kier alpha value is -2.83. The monoisotopic (exact) mass is 274 g/mol. The number of nitrogens with zero attached hydrogens (tertiary/aromatic N) is 1. The van der Waals surface area contributed by atoms with Crippen LogP contribution in [0, 0.1) is 6.92 Å². The average molecular weight is 274 g/mol. The van der Waals surface area contributed by atoms with Crippen molar-refractivity contribution in [2.45, 2.75) is 13.5 Å². The van der Waals surface area contributed by atoms with Crippen molar-refractivity contribution in [3.05, 3.63) is 56.9 Å². The van der Waals surface area contributed by atoms with E-state index in [1.807, 2.05) is 24.0 Å². The number of hydrogen-bond donors (Lipinski definition) is 3. The van der Waals surface area contributed by atoms with Crippen molar-refractivity contribution < 1.29 is 4.79 Å². The number of carbonyl (C=O) groups excluding carboxylic acids is 1. The topological polar surface area (TPSA) is 110 Å². The molecule has 20 heavy (non-hydrogen) atoms. The largest absolute Gasteiger partial charge is 0.393 e. The molecule has 0 fully saturated rings. The first-order valence-electron chi connectivity index (χ1n) is 5.92. The van der Waals surface area contributed by atoms with Gasteiger partial charge in [-0.15, -0.1) is 0 Å². The summed E-state index contributed by atoms with van der Waals surface area (Å²) in [5.41, 5.74) is 5.53. The van der Waals surface area contributed by atoms with Crippen LogP contribution < -0.4 is 22.3 Å². The quantitative estimate of drug-likeness (QED) is 0.735. The molecule has 4 N–H and O–H groups in total. The third kappa shape index (κ3) is 2.94. The zero-order valence-corrected chi connectivity index (χ0v) is 10.8. The summed E-state index contributed by atoms with van der Waals surface area (Å²) in [4.78, 5) is 36.6. The number of aromatic amines is 1. The van der Waals surface area contributed by atoms with Gasteiger partial charge >= 0.3 is 5.69 Å². The molecule has 2 rings (SSSR count). The first kappa shape index (κ1) is 13.6. The lowest BCUT2D eigenvalue weighted by Gasteiger charge is -2.09. The van der Waals surface area contributed by atoms with Gasteiger partial charge in [0.05, 0.1) is 0 Å². The average Bonchev–Trinajstić information content (AvgIpc) is 2.39. The minimum Gasteiger partial charge on any atom is -0.393 e. The number of H-pyrrole nitrogens is 1. The maximum atomic E-state index is 11.9. The number of nitrogens with two attached hydrogens (primary N) is 1. The van der Waals surface area contributed by atoms with Crippen LogP contribution in [0.2, 0.25) is 0 Å². The Labute approximate surface area is 114 Å². The van der Waals surface area contributed by atoms with Gasteiger partial charge in [0.25, 0.3) is 5.56 Å². The van der Waals surface area contributed by atoms with Crippen molar-refractivity contribution in [2.24, 2.45) is 0 Å². The van der Waals surface area contributed by atoms with E-state index in [9.17, 15) is 14.4 Å². The molecule has 0 bridgehead atoms. The number of rotatable bonds is 3. The SMILES string of the molecule is Cc1ccccc1NC(=O)Cn1cc(N)c(=O)[nH]c1=O. The molecule has 1 aromatic carbocycles. The van der Waals surface area contributed by atoms with E-state index >= 15 is 0 Å². The Kier molecular flexibility index (Phi) is 3.69. The number of aromatic nitrogens is 2. The molecule has 0 aliphatic rings. The fraction of sp³-hybridized carbons (Fsp3) is 0.154. The summed E-state index contributed by atoms with van der Waals surface area (Å²) < 4.78 is 1.05. The molecule has 0 aliphatic heterocycles. The highest BCUT2D eigenvalue weighted by atomic mass is 16.2. The third-order valence-electron chi connectivity index (χ3n) is 2.77. The number of anilines is 2. The van der Waals surface area contributed by atoms with E-state index in [0.717, 1.165) is 16.3 Å². The molecule has 2 aromatic rings. The number of amides is 1. The van der Waals surface area contributed by atoms with Crippen molar-refractivity contribution >= 4 is 17.3 Å². The highest BCUT2D eigenvalue weighted by molar-refractivity contribution is 5.91. The zero-order valence-electron chi connectivity index (χ0n) is 10.8. The Morgan fingerprint density at radius 3 is 2.75 bits per heavy atom. The maximum absolute atomic E-state index is 11.9. The second-order valence-corrected chi connectivity index (χ2v) is 4.33. The van der Waals surface area contributed by atoms with Gasteiger partial charge in [0.1, 0.15) is 12.2 Å². The lowest BCUT2D eigenvalue weighted by molar-refractivity contribution is -0.116. The molecular weight excluding hydrogens is 260 g/mol. The van der Waals surface area contributed by atoms with Crippen LogP contribution in [-0.4, -0.2) is 15.5 Å². The molecule has 0 saturated carbocycles. The number of hydrogen-bond acceptors (Lipinski definition) is 4. The fourth-order valence-electron chi connectivity index (χ4n) is 1.70. The van der Waals surface area contributed by atoms with Crippen LogP contribution in [0.25, 0.3) is 0 Å². The molecule has 0 saturated heterocycles. The molecule has 1 amide bonds. The van der Waals surface area contributed by atoms with E-state index in [-0.39, 0.29) is 18.1 Å². The second kappa shape index (κ2) is 5.43. The van der Waals surface area contributed by atoms with E-state index in [2.05, 4.69) is 5.32 Å². The number of nitrogens with one attached hydrogen (secondary N) is 2. The van der Waals surface area contributed by atoms with Crippen LogP contribution in [0.15, 0.2) is 40.1 Å². The minimum absolute atomic E-state index is 0.117. The highest BCUT2D eigenvalue weighted by Crippen LogP contribution is 2.12. The molecule has 7 heteroatoms. The molecule has 7 nitrogen and oxygen atoms in total. The maximum Gasteiger partial charge on any atom is 0.328 e. The summed E-state index contributed by atoms with van der Waals surface area (Å²) in [6.07, 6.45) is 1.15. The lowest BCUT2D eigenvalue weighted by atomic mass is 10.2. The van der Waals surface area contributed by atoms with Gasteiger partial charge < -0.3 is 11.1 Å². The predicted molar refractivity (Wildman–Crippen MR) is 75.5 cm³/mol. The molecule has 1 aromatic heterocycles. The number of carbonyl (C=O) groups is 1. The predicted octanol–water partition coefficient (Wildman–Crippen LogP) is 0.0659. The van der Waals surface area contributed by atoms with Crippen molar-refractivity contribution in [2.75, 3.05) is 11.1 Å². The molecule has 0 atom stereocenters. The third-order valence-corrected chi connectivity index (χ3v) is 2.77. The van der Waals surface area contributed by atoms with Gasteiger partial charge in [0.15, 0.2) is 0 Å². The smallest absolute Gasteiger partial charge is 0.328 e. The lowest BCUT2D eigenvalue weighted by Crippen LogP contribution is -2.34. The van der Waals surface area contributed by atoms with Gasteiger partial charge in [0, 0.05) is 11.9 Å². The van der Waals surface area contributed by atoms with Crippen molar-refractivity contribution in [3.63, 3.8) is 0 Å². The number of para-hydroxylation sites is 1. The normalized spacial score (nSPS) is 10.2. The molecule has 0 aliphatic carbocycles. The van der Waals surface area contributed by atoms with Crippen molar-refractivity contribution in [3.8, 4) is 0 Å². The zero-order chi connectivity index (χ0) is 14.7. The summed E-state index contributed by atoms with van der Waals surface area (Å²) in [7, 11) is 0. The van der Waals surface area contributed by atoms with E-state index in [0.29, 0.717) is 5.69 Å². The molecule has 0 unspecified atom stereocenters. The van der Waals surface area contributed by atoms with Gasteiger partial charge in [-0.2, -0.15) is 0 Å². The Bertz CT molecular complexity index is 761. The van der Waals surface area contributed by atoms with E-state index in [1.165, 1.54) is 0 Å². The standard InChI is InChI=1S/C13H14N4O3/c1-8-4-2-3-5-10(8)15-11(18)7-17-6-9(14)12(19)16-13(17)20/h2-6H,7,14H2,1H3,(H,15,18)(H,16,19,20). The van der Waals surface area contributed by atoms with E-state index < -0.39 is 11.2 Å². The number of benzene rings is 1. The Balaban J connectivity index is 2.17. The molecule has 104 valence electrons. The van der Waals surface area contributed by atoms with Crippen LogP contribution in [-0.2, 0) is 11.3 Å². The van der Waals surface area contributed by atoms with Crippen LogP contribution in [0.3, 0.4) is 0 Å². The van der Waals surface area contributed by atoms with Gasteiger partial charge in [-0.1, -0.05) is 18.2 Å². The van der Waals surface area contributed by atoms with Crippen LogP contribution in [0.4, 0.5) is 11.4 Å². The van der Waals surface area contributed by atoms with Crippen molar-refractivity contribution in [1.82, 2.24) is 9.55 Å². The number of nitrogen functional groups attached to an aromatic ring is 1. The van der Waals surface area contributed by atoms with Crippen molar-refractivity contribution in [1.29, 1.82) is 0 Å². The van der Waals surface area contributed by atoms with Gasteiger partial charge in [-0.25, -0.2) is 4.79 Å². The summed E-state index contributed by atoms with van der Waals surface area (Å²) >= 11 is 0. The molecule has 0 spiro atoms. The van der Waals surface area contributed by atoms with Gasteiger partial charge in [-0.3, -0.25) is 19.1 Å². The molecule has 0 radical (unpaired) electrons.